The van der Waals surface area contributed by atoms with Gasteiger partial charge in [-0.25, -0.2) is 9.18 Å². The molecule has 6 heteroatoms. The monoisotopic (exact) mass is 429 g/mol. The van der Waals surface area contributed by atoms with Crippen molar-refractivity contribution in [3.05, 3.63) is 81.8 Å². The zero-order valence-electron chi connectivity index (χ0n) is 17.3. The second-order valence-electron chi connectivity index (χ2n) is 7.91. The van der Waals surface area contributed by atoms with Crippen LogP contribution in [0.2, 0.25) is 5.02 Å². The van der Waals surface area contributed by atoms with Crippen LogP contribution in [0.15, 0.2) is 59.8 Å². The lowest BCUT2D eigenvalue weighted by Gasteiger charge is -2.34. The molecule has 158 valence electrons. The Morgan fingerprint density at radius 3 is 2.57 bits per heavy atom. The predicted octanol–water partition coefficient (Wildman–Crippen LogP) is 5.47. The van der Waals surface area contributed by atoms with Crippen molar-refractivity contribution in [1.29, 1.82) is 0 Å². The summed E-state index contributed by atoms with van der Waals surface area (Å²) in [4.78, 5) is 27.6. The molecule has 30 heavy (non-hydrogen) atoms. The first-order valence-corrected chi connectivity index (χ1v) is 10.3. The Morgan fingerprint density at radius 1 is 1.23 bits per heavy atom. The molecule has 1 aliphatic rings. The fourth-order valence-corrected chi connectivity index (χ4v) is 3.80. The summed E-state index contributed by atoms with van der Waals surface area (Å²) in [6, 6.07) is 13.2. The Kier molecular flexibility index (Phi) is 6.93. The van der Waals surface area contributed by atoms with E-state index in [-0.39, 0.29) is 30.7 Å². The predicted molar refractivity (Wildman–Crippen MR) is 114 cm³/mol. The number of carbonyl (C=O) groups is 2. The number of hydrogen-bond acceptors (Lipinski definition) is 3. The molecule has 0 bridgehead atoms. The molecule has 0 saturated carbocycles. The van der Waals surface area contributed by atoms with Gasteiger partial charge in [0.25, 0.3) is 0 Å². The van der Waals surface area contributed by atoms with E-state index in [1.807, 2.05) is 26.0 Å². The molecule has 0 aliphatic carbocycles. The third-order valence-corrected chi connectivity index (χ3v) is 5.33. The summed E-state index contributed by atoms with van der Waals surface area (Å²) < 4.78 is 18.9. The maximum absolute atomic E-state index is 13.4. The van der Waals surface area contributed by atoms with Crippen LogP contribution in [0.5, 0.6) is 0 Å². The number of carbonyl (C=O) groups excluding carboxylic acids is 2. The molecule has 2 aromatic carbocycles. The molecule has 0 aromatic heterocycles. The first-order chi connectivity index (χ1) is 14.3. The van der Waals surface area contributed by atoms with E-state index in [0.717, 1.165) is 5.56 Å². The highest BCUT2D eigenvalue weighted by atomic mass is 35.5. The zero-order valence-corrected chi connectivity index (χ0v) is 18.1. The number of nitrogens with zero attached hydrogens (tertiary/aromatic N) is 1. The van der Waals surface area contributed by atoms with Gasteiger partial charge in [-0.3, -0.25) is 4.79 Å². The normalized spacial score (nSPS) is 16.9. The van der Waals surface area contributed by atoms with Gasteiger partial charge in [0.05, 0.1) is 18.7 Å². The van der Waals surface area contributed by atoms with Crippen LogP contribution in [0, 0.1) is 11.7 Å². The van der Waals surface area contributed by atoms with Crippen LogP contribution < -0.4 is 0 Å². The van der Waals surface area contributed by atoms with E-state index in [2.05, 4.69) is 0 Å². The Bertz CT molecular complexity index is 969. The summed E-state index contributed by atoms with van der Waals surface area (Å²) in [5, 5.41) is 0.583. The summed E-state index contributed by atoms with van der Waals surface area (Å²) in [5.74, 6) is -1.21. The highest BCUT2D eigenvalue weighted by molar-refractivity contribution is 6.30. The molecule has 2 aromatic rings. The van der Waals surface area contributed by atoms with E-state index >= 15 is 0 Å². The van der Waals surface area contributed by atoms with Gasteiger partial charge in [0, 0.05) is 23.1 Å². The number of allylic oxidation sites excluding steroid dienone is 1. The van der Waals surface area contributed by atoms with Crippen LogP contribution in [0.25, 0.3) is 0 Å². The van der Waals surface area contributed by atoms with Crippen LogP contribution in [0.4, 0.5) is 4.39 Å². The lowest BCUT2D eigenvalue weighted by atomic mass is 9.83. The second-order valence-corrected chi connectivity index (χ2v) is 8.35. The van der Waals surface area contributed by atoms with Gasteiger partial charge in [-0.1, -0.05) is 49.7 Å². The Morgan fingerprint density at radius 2 is 1.93 bits per heavy atom. The van der Waals surface area contributed by atoms with Gasteiger partial charge < -0.3 is 9.64 Å². The van der Waals surface area contributed by atoms with Crippen molar-refractivity contribution < 1.29 is 18.7 Å². The Labute approximate surface area is 181 Å². The average Bonchev–Trinajstić information content (AvgIpc) is 2.69. The maximum atomic E-state index is 13.4. The molecule has 0 fully saturated rings. The van der Waals surface area contributed by atoms with Gasteiger partial charge in [-0.15, -0.1) is 0 Å². The van der Waals surface area contributed by atoms with Crippen molar-refractivity contribution in [2.24, 2.45) is 5.92 Å². The quantitative estimate of drug-likeness (QED) is 0.572. The minimum Gasteiger partial charge on any atom is -0.462 e. The lowest BCUT2D eigenvalue weighted by Crippen LogP contribution is -2.38. The first-order valence-electron chi connectivity index (χ1n) is 9.94. The smallest absolute Gasteiger partial charge is 0.336 e. The Hall–Kier alpha value is -2.66. The summed E-state index contributed by atoms with van der Waals surface area (Å²) in [6.07, 6.45) is 0.107. The van der Waals surface area contributed by atoms with Gasteiger partial charge in [-0.2, -0.15) is 0 Å². The summed E-state index contributed by atoms with van der Waals surface area (Å²) in [6.45, 7) is 6.27. The summed E-state index contributed by atoms with van der Waals surface area (Å²) in [7, 11) is 0. The molecular weight excluding hydrogens is 405 g/mol. The standard InChI is InChI=1S/C24H25ClFNO3/c1-15(2)14-30-24(29)23-16(3)27(13-17-5-4-6-19(25)11-17)22(28)12-21(23)18-7-9-20(26)10-8-18/h4-11,15,21H,12-14H2,1-3H3. The summed E-state index contributed by atoms with van der Waals surface area (Å²) >= 11 is 6.08. The fourth-order valence-electron chi connectivity index (χ4n) is 3.59. The molecular formula is C24H25ClFNO3. The molecule has 1 heterocycles. The van der Waals surface area contributed by atoms with E-state index in [9.17, 15) is 14.0 Å². The van der Waals surface area contributed by atoms with E-state index in [0.29, 0.717) is 28.4 Å². The second kappa shape index (κ2) is 9.43. The van der Waals surface area contributed by atoms with Crippen LogP contribution in [-0.4, -0.2) is 23.4 Å². The van der Waals surface area contributed by atoms with Gasteiger partial charge in [0.15, 0.2) is 0 Å². The zero-order chi connectivity index (χ0) is 21.8. The number of amides is 1. The summed E-state index contributed by atoms with van der Waals surface area (Å²) in [5.41, 5.74) is 2.56. The van der Waals surface area contributed by atoms with Crippen molar-refractivity contribution >= 4 is 23.5 Å². The topological polar surface area (TPSA) is 46.6 Å². The van der Waals surface area contributed by atoms with Gasteiger partial charge in [-0.05, 0) is 48.2 Å². The van der Waals surface area contributed by atoms with Gasteiger partial charge in [0.2, 0.25) is 5.91 Å². The first kappa shape index (κ1) is 22.0. The molecule has 1 aliphatic heterocycles. The molecule has 1 atom stereocenters. The van der Waals surface area contributed by atoms with Crippen LogP contribution in [-0.2, 0) is 20.9 Å². The number of benzene rings is 2. The van der Waals surface area contributed by atoms with E-state index in [1.165, 1.54) is 12.1 Å². The fraction of sp³-hybridized carbons (Fsp3) is 0.333. The van der Waals surface area contributed by atoms with Crippen molar-refractivity contribution in [1.82, 2.24) is 4.90 Å². The molecule has 4 nitrogen and oxygen atoms in total. The number of hydrogen-bond donors (Lipinski definition) is 0. The van der Waals surface area contributed by atoms with Crippen LogP contribution in [0.1, 0.15) is 44.2 Å². The van der Waals surface area contributed by atoms with Crippen molar-refractivity contribution in [3.63, 3.8) is 0 Å². The minimum atomic E-state index is -0.478. The number of rotatable bonds is 6. The average molecular weight is 430 g/mol. The minimum absolute atomic E-state index is 0.107. The van der Waals surface area contributed by atoms with E-state index < -0.39 is 11.9 Å². The van der Waals surface area contributed by atoms with Crippen molar-refractivity contribution in [2.45, 2.75) is 39.7 Å². The SMILES string of the molecule is CC1=C(C(=O)OCC(C)C)C(c2ccc(F)cc2)CC(=O)N1Cc1cccc(Cl)c1. The van der Waals surface area contributed by atoms with E-state index in [4.69, 9.17) is 16.3 Å². The Balaban J connectivity index is 2.00. The largest absolute Gasteiger partial charge is 0.462 e. The molecule has 0 N–H and O–H groups in total. The molecule has 3 rings (SSSR count). The molecule has 0 spiro atoms. The van der Waals surface area contributed by atoms with Gasteiger partial charge in [0.1, 0.15) is 5.82 Å². The number of esters is 1. The molecule has 0 radical (unpaired) electrons. The highest BCUT2D eigenvalue weighted by Crippen LogP contribution is 2.38. The van der Waals surface area contributed by atoms with E-state index in [1.54, 1.807) is 36.1 Å². The van der Waals surface area contributed by atoms with Crippen molar-refractivity contribution in [3.8, 4) is 0 Å². The highest BCUT2D eigenvalue weighted by Gasteiger charge is 2.37. The number of ether oxygens (including phenoxy) is 1. The third kappa shape index (κ3) is 5.08. The lowest BCUT2D eigenvalue weighted by molar-refractivity contribution is -0.141. The third-order valence-electron chi connectivity index (χ3n) is 5.09. The molecule has 0 saturated heterocycles. The van der Waals surface area contributed by atoms with Crippen LogP contribution in [0.3, 0.4) is 0 Å². The number of halogens is 2. The van der Waals surface area contributed by atoms with Crippen LogP contribution >= 0.6 is 11.6 Å². The maximum Gasteiger partial charge on any atom is 0.336 e. The molecule has 1 unspecified atom stereocenters. The van der Waals surface area contributed by atoms with Gasteiger partial charge >= 0.3 is 5.97 Å². The van der Waals surface area contributed by atoms with Crippen molar-refractivity contribution in [2.75, 3.05) is 6.61 Å². The molecule has 1 amide bonds.